The number of rotatable bonds is 5. The topological polar surface area (TPSA) is 48.1 Å². The number of hydrogen-bond donors (Lipinski definition) is 1. The van der Waals surface area contributed by atoms with Crippen LogP contribution in [-0.4, -0.2) is 9.97 Å². The standard InChI is InChI=1S/C14H16N2OS2/c1-9-10(2)19-14(16-9)8-17-12-5-3-11(4-6-12)7-13(15)18/h3-6H,7-8H2,1-2H3,(H2,15,18). The third-order valence-electron chi connectivity index (χ3n) is 2.74. The van der Waals surface area contributed by atoms with Crippen molar-refractivity contribution < 1.29 is 4.74 Å². The normalized spacial score (nSPS) is 10.4. The minimum atomic E-state index is 0.502. The summed E-state index contributed by atoms with van der Waals surface area (Å²) in [5, 5.41) is 1.00. The van der Waals surface area contributed by atoms with Gasteiger partial charge in [-0.25, -0.2) is 4.98 Å². The van der Waals surface area contributed by atoms with Crippen LogP contribution in [0.15, 0.2) is 24.3 Å². The van der Waals surface area contributed by atoms with E-state index in [1.54, 1.807) is 11.3 Å². The Morgan fingerprint density at radius 3 is 2.53 bits per heavy atom. The first kappa shape index (κ1) is 14.0. The van der Waals surface area contributed by atoms with Crippen molar-refractivity contribution in [2.75, 3.05) is 0 Å². The molecule has 0 bridgehead atoms. The Labute approximate surface area is 122 Å². The van der Waals surface area contributed by atoms with Crippen LogP contribution in [0.1, 0.15) is 21.1 Å². The number of benzene rings is 1. The summed E-state index contributed by atoms with van der Waals surface area (Å²) in [6.07, 6.45) is 0.625. The third kappa shape index (κ3) is 4.01. The average molecular weight is 292 g/mol. The highest BCUT2D eigenvalue weighted by molar-refractivity contribution is 7.80. The molecule has 2 N–H and O–H groups in total. The number of thiazole rings is 1. The molecule has 19 heavy (non-hydrogen) atoms. The molecule has 1 aromatic heterocycles. The molecule has 0 radical (unpaired) electrons. The molecule has 0 spiro atoms. The van der Waals surface area contributed by atoms with Crippen molar-refractivity contribution in [3.8, 4) is 5.75 Å². The Hall–Kier alpha value is -1.46. The van der Waals surface area contributed by atoms with Gasteiger partial charge in [0, 0.05) is 11.3 Å². The predicted octanol–water partition coefficient (Wildman–Crippen LogP) is 3.17. The highest BCUT2D eigenvalue weighted by Gasteiger charge is 2.04. The summed E-state index contributed by atoms with van der Waals surface area (Å²) in [6.45, 7) is 4.59. The molecule has 0 aliphatic heterocycles. The summed E-state index contributed by atoms with van der Waals surface area (Å²) in [4.78, 5) is 6.19. The van der Waals surface area contributed by atoms with Crippen molar-refractivity contribution in [1.82, 2.24) is 4.98 Å². The van der Waals surface area contributed by atoms with Gasteiger partial charge in [-0.05, 0) is 31.5 Å². The quantitative estimate of drug-likeness (QED) is 0.860. The van der Waals surface area contributed by atoms with Crippen LogP contribution in [0.2, 0.25) is 0 Å². The molecular formula is C14H16N2OS2. The molecule has 0 saturated heterocycles. The summed E-state index contributed by atoms with van der Waals surface area (Å²) >= 11 is 6.56. The van der Waals surface area contributed by atoms with Crippen LogP contribution >= 0.6 is 23.6 Å². The number of thiocarbonyl (C=S) groups is 1. The zero-order chi connectivity index (χ0) is 13.8. The summed E-state index contributed by atoms with van der Waals surface area (Å²) < 4.78 is 5.70. The van der Waals surface area contributed by atoms with E-state index in [0.29, 0.717) is 18.0 Å². The average Bonchev–Trinajstić information content (AvgIpc) is 2.67. The summed E-state index contributed by atoms with van der Waals surface area (Å²) in [5.41, 5.74) is 7.68. The molecule has 0 aliphatic rings. The van der Waals surface area contributed by atoms with Crippen LogP contribution in [0.3, 0.4) is 0 Å². The lowest BCUT2D eigenvalue weighted by molar-refractivity contribution is 0.305. The van der Waals surface area contributed by atoms with Gasteiger partial charge < -0.3 is 10.5 Å². The monoisotopic (exact) mass is 292 g/mol. The van der Waals surface area contributed by atoms with Crippen LogP contribution in [0, 0.1) is 13.8 Å². The van der Waals surface area contributed by atoms with Gasteiger partial charge in [0.1, 0.15) is 17.4 Å². The Morgan fingerprint density at radius 1 is 1.32 bits per heavy atom. The molecule has 0 fully saturated rings. The molecule has 0 amide bonds. The summed E-state index contributed by atoms with van der Waals surface area (Å²) in [6, 6.07) is 7.82. The number of aryl methyl sites for hydroxylation is 2. The van der Waals surface area contributed by atoms with Crippen molar-refractivity contribution in [2.24, 2.45) is 5.73 Å². The van der Waals surface area contributed by atoms with Crippen LogP contribution < -0.4 is 10.5 Å². The molecule has 0 aliphatic carbocycles. The first-order valence-electron chi connectivity index (χ1n) is 5.97. The SMILES string of the molecule is Cc1nc(COc2ccc(CC(N)=S)cc2)sc1C. The van der Waals surface area contributed by atoms with Gasteiger partial charge in [-0.1, -0.05) is 24.4 Å². The fraction of sp³-hybridized carbons (Fsp3) is 0.286. The van der Waals surface area contributed by atoms with Gasteiger partial charge in [0.2, 0.25) is 0 Å². The zero-order valence-corrected chi connectivity index (χ0v) is 12.6. The van der Waals surface area contributed by atoms with Gasteiger partial charge in [-0.15, -0.1) is 11.3 Å². The van der Waals surface area contributed by atoms with Crippen molar-refractivity contribution >= 4 is 28.5 Å². The van der Waals surface area contributed by atoms with Crippen molar-refractivity contribution in [3.63, 3.8) is 0 Å². The van der Waals surface area contributed by atoms with E-state index in [1.807, 2.05) is 31.2 Å². The number of aromatic nitrogens is 1. The van der Waals surface area contributed by atoms with Gasteiger partial charge in [0.05, 0.1) is 10.7 Å². The molecule has 3 nitrogen and oxygen atoms in total. The van der Waals surface area contributed by atoms with Gasteiger partial charge in [-0.3, -0.25) is 0 Å². The van der Waals surface area contributed by atoms with Crippen LogP contribution in [0.25, 0.3) is 0 Å². The fourth-order valence-corrected chi connectivity index (χ4v) is 2.66. The molecule has 2 aromatic rings. The summed E-state index contributed by atoms with van der Waals surface area (Å²) in [7, 11) is 0. The second kappa shape index (κ2) is 6.12. The van der Waals surface area contributed by atoms with E-state index in [4.69, 9.17) is 22.7 Å². The zero-order valence-electron chi connectivity index (χ0n) is 11.0. The number of ether oxygens (including phenoxy) is 1. The summed E-state index contributed by atoms with van der Waals surface area (Å²) in [5.74, 6) is 0.831. The minimum absolute atomic E-state index is 0.502. The van der Waals surface area contributed by atoms with E-state index in [9.17, 15) is 0 Å². The van der Waals surface area contributed by atoms with Crippen LogP contribution in [0.5, 0.6) is 5.75 Å². The van der Waals surface area contributed by atoms with E-state index in [-0.39, 0.29) is 0 Å². The van der Waals surface area contributed by atoms with Gasteiger partial charge in [0.15, 0.2) is 0 Å². The Bertz CT molecular complexity index is 556. The third-order valence-corrected chi connectivity index (χ3v) is 3.93. The first-order chi connectivity index (χ1) is 9.04. The molecule has 5 heteroatoms. The predicted molar refractivity (Wildman–Crippen MR) is 82.9 cm³/mol. The smallest absolute Gasteiger partial charge is 0.140 e. The second-order valence-corrected chi connectivity index (χ2v) is 6.14. The number of hydrogen-bond acceptors (Lipinski definition) is 4. The fourth-order valence-electron chi connectivity index (χ4n) is 1.65. The number of nitrogens with two attached hydrogens (primary N) is 1. The molecule has 2 rings (SSSR count). The van der Waals surface area contributed by atoms with Crippen LogP contribution in [-0.2, 0) is 13.0 Å². The lowest BCUT2D eigenvalue weighted by Crippen LogP contribution is -2.10. The highest BCUT2D eigenvalue weighted by Crippen LogP contribution is 2.19. The van der Waals surface area contributed by atoms with Crippen molar-refractivity contribution in [1.29, 1.82) is 0 Å². The second-order valence-electron chi connectivity index (χ2n) is 4.32. The molecular weight excluding hydrogens is 276 g/mol. The van der Waals surface area contributed by atoms with E-state index < -0.39 is 0 Å². The Kier molecular flexibility index (Phi) is 4.50. The molecule has 0 atom stereocenters. The lowest BCUT2D eigenvalue weighted by Gasteiger charge is -2.05. The van der Waals surface area contributed by atoms with E-state index in [1.165, 1.54) is 4.88 Å². The molecule has 100 valence electrons. The van der Waals surface area contributed by atoms with Crippen molar-refractivity contribution in [2.45, 2.75) is 26.9 Å². The highest BCUT2D eigenvalue weighted by atomic mass is 32.1. The molecule has 0 unspecified atom stereocenters. The molecule has 0 saturated carbocycles. The number of nitrogens with zero attached hydrogens (tertiary/aromatic N) is 1. The van der Waals surface area contributed by atoms with Crippen LogP contribution in [0.4, 0.5) is 0 Å². The lowest BCUT2D eigenvalue weighted by atomic mass is 10.1. The molecule has 1 heterocycles. The first-order valence-corrected chi connectivity index (χ1v) is 7.20. The Morgan fingerprint density at radius 2 is 2.00 bits per heavy atom. The van der Waals surface area contributed by atoms with E-state index >= 15 is 0 Å². The maximum absolute atomic E-state index is 5.70. The van der Waals surface area contributed by atoms with Crippen molar-refractivity contribution in [3.05, 3.63) is 45.4 Å². The van der Waals surface area contributed by atoms with E-state index in [0.717, 1.165) is 22.0 Å². The van der Waals surface area contributed by atoms with Gasteiger partial charge in [-0.2, -0.15) is 0 Å². The Balaban J connectivity index is 1.94. The van der Waals surface area contributed by atoms with Gasteiger partial charge >= 0.3 is 0 Å². The maximum atomic E-state index is 5.70. The minimum Gasteiger partial charge on any atom is -0.486 e. The maximum Gasteiger partial charge on any atom is 0.140 e. The van der Waals surface area contributed by atoms with E-state index in [2.05, 4.69) is 11.9 Å². The van der Waals surface area contributed by atoms with Gasteiger partial charge in [0.25, 0.3) is 0 Å². The largest absolute Gasteiger partial charge is 0.486 e. The molecule has 1 aromatic carbocycles.